The zero-order valence-corrected chi connectivity index (χ0v) is 29.9. The van der Waals surface area contributed by atoms with Crippen LogP contribution in [-0.2, 0) is 11.9 Å². The Morgan fingerprint density at radius 1 is 0.568 bits per heavy atom. The summed E-state index contributed by atoms with van der Waals surface area (Å²) in [6, 6.07) is 15.1. The third-order valence-electron chi connectivity index (χ3n) is 8.69. The van der Waals surface area contributed by atoms with Crippen molar-refractivity contribution in [3.8, 4) is 11.5 Å². The maximum Gasteiger partial charge on any atom is 0.167 e. The van der Waals surface area contributed by atoms with Crippen LogP contribution in [0.4, 0.5) is 5.69 Å². The molecule has 2 aromatic rings. The van der Waals surface area contributed by atoms with Crippen LogP contribution in [0.5, 0.6) is 11.5 Å². The highest BCUT2D eigenvalue weighted by molar-refractivity contribution is 9.08. The predicted octanol–water partition coefficient (Wildman–Crippen LogP) is 13.2. The van der Waals surface area contributed by atoms with Gasteiger partial charge >= 0.3 is 0 Å². The second kappa shape index (κ2) is 24.2. The van der Waals surface area contributed by atoms with E-state index in [-0.39, 0.29) is 0 Å². The molecule has 4 heteroatoms. The Labute approximate surface area is 279 Å². The fourth-order valence-corrected chi connectivity index (χ4v) is 6.09. The first-order valence-electron chi connectivity index (χ1n) is 17.8. The molecule has 0 N–H and O–H groups in total. The number of hydrogen-bond acceptors (Lipinski definition) is 2. The number of unbranched alkanes of at least 4 members (excludes halogenated alkanes) is 16. The van der Waals surface area contributed by atoms with Crippen molar-refractivity contribution in [2.45, 2.75) is 141 Å². The molecule has 2 aromatic carbocycles. The van der Waals surface area contributed by atoms with Crippen LogP contribution in [0.15, 0.2) is 68.0 Å². The van der Waals surface area contributed by atoms with Crippen LogP contribution >= 0.6 is 15.9 Å². The monoisotopic (exact) mass is 668 g/mol. The third-order valence-corrected chi connectivity index (χ3v) is 9.34. The van der Waals surface area contributed by atoms with Crippen molar-refractivity contribution < 1.29 is 9.47 Å². The summed E-state index contributed by atoms with van der Waals surface area (Å²) in [5, 5.41) is 0.858. The maximum absolute atomic E-state index is 6.44. The normalized spacial score (nSPS) is 11.4. The molecule has 2 rings (SSSR count). The van der Waals surface area contributed by atoms with Gasteiger partial charge in [-0.25, -0.2) is 4.48 Å². The minimum Gasteiger partial charge on any atom is -0.490 e. The number of benzene rings is 2. The molecule has 246 valence electrons. The lowest BCUT2D eigenvalue weighted by Gasteiger charge is -2.30. The third kappa shape index (κ3) is 14.8. The summed E-state index contributed by atoms with van der Waals surface area (Å²) in [6.45, 7) is 15.2. The second-order valence-electron chi connectivity index (χ2n) is 12.4. The molecule has 0 saturated carbocycles. The molecule has 0 radical (unpaired) electrons. The highest BCUT2D eigenvalue weighted by Gasteiger charge is 2.27. The van der Waals surface area contributed by atoms with E-state index in [1.54, 1.807) is 0 Å². The van der Waals surface area contributed by atoms with Gasteiger partial charge in [-0.3, -0.25) is 0 Å². The average molecular weight is 670 g/mol. The topological polar surface area (TPSA) is 18.5 Å². The quantitative estimate of drug-likeness (QED) is 0.0510. The van der Waals surface area contributed by atoms with Gasteiger partial charge in [0, 0.05) is 23.0 Å². The van der Waals surface area contributed by atoms with Crippen molar-refractivity contribution in [1.29, 1.82) is 0 Å². The van der Waals surface area contributed by atoms with Crippen LogP contribution in [0.25, 0.3) is 0 Å². The molecule has 44 heavy (non-hydrogen) atoms. The predicted molar refractivity (Wildman–Crippen MR) is 197 cm³/mol. The summed E-state index contributed by atoms with van der Waals surface area (Å²) in [5.74, 6) is 1.68. The molecule has 0 aromatic heterocycles. The number of ether oxygens (including phenoxy) is 2. The molecule has 0 saturated heterocycles. The molecule has 0 atom stereocenters. The Hall–Kier alpha value is -2.04. The standard InChI is InChI=1S/C40H63BrNO2/c1-5-9-11-13-15-17-19-21-23-31-43-39-30-29-38(33-40(39)44-32-24-22-20-18-16-14-12-10-6-2)42(7-3,8-4)35-37-27-25-36(34-41)26-28-37/h7-8,25-30,33H,3-6,9-24,31-32,34-35H2,1-2H3/q+1. The van der Waals surface area contributed by atoms with Gasteiger partial charge in [-0.05, 0) is 37.6 Å². The summed E-state index contributed by atoms with van der Waals surface area (Å²) in [7, 11) is 0. The number of hydrogen-bond donors (Lipinski definition) is 0. The van der Waals surface area contributed by atoms with Gasteiger partial charge in [0.2, 0.25) is 0 Å². The van der Waals surface area contributed by atoms with E-state index in [2.05, 4.69) is 85.4 Å². The second-order valence-corrected chi connectivity index (χ2v) is 12.9. The lowest BCUT2D eigenvalue weighted by Crippen LogP contribution is -2.36. The Bertz CT molecular complexity index is 1010. The fourth-order valence-electron chi connectivity index (χ4n) is 5.72. The van der Waals surface area contributed by atoms with Crippen LogP contribution in [0.1, 0.15) is 141 Å². The van der Waals surface area contributed by atoms with Gasteiger partial charge < -0.3 is 9.47 Å². The molecule has 0 aliphatic carbocycles. The first-order chi connectivity index (χ1) is 21.6. The van der Waals surface area contributed by atoms with Gasteiger partial charge in [0.05, 0.1) is 25.6 Å². The number of rotatable bonds is 28. The Morgan fingerprint density at radius 3 is 1.45 bits per heavy atom. The first kappa shape index (κ1) is 38.1. The smallest absolute Gasteiger partial charge is 0.167 e. The molecular formula is C40H63BrNO2+. The number of alkyl halides is 1. The molecule has 0 amide bonds. The zero-order valence-electron chi connectivity index (χ0n) is 28.3. The molecule has 0 aliphatic heterocycles. The van der Waals surface area contributed by atoms with Gasteiger partial charge in [0.25, 0.3) is 0 Å². The van der Waals surface area contributed by atoms with E-state index in [9.17, 15) is 0 Å². The van der Waals surface area contributed by atoms with Gasteiger partial charge in [0.15, 0.2) is 11.5 Å². The van der Waals surface area contributed by atoms with Crippen molar-refractivity contribution in [3.05, 3.63) is 79.1 Å². The van der Waals surface area contributed by atoms with Crippen LogP contribution in [0.3, 0.4) is 0 Å². The van der Waals surface area contributed by atoms with Gasteiger partial charge in [-0.15, -0.1) is 0 Å². The SMILES string of the molecule is C=C[N+](C=C)(Cc1ccc(CBr)cc1)c1ccc(OCCCCCCCCCCC)c(OCCCCCCCCCCC)c1. The molecule has 0 unspecified atom stereocenters. The van der Waals surface area contributed by atoms with Crippen molar-refractivity contribution in [2.24, 2.45) is 0 Å². The number of nitrogens with zero attached hydrogens (tertiary/aromatic N) is 1. The fraction of sp³-hybridized carbons (Fsp3) is 0.600. The maximum atomic E-state index is 6.44. The Morgan fingerprint density at radius 2 is 1.00 bits per heavy atom. The highest BCUT2D eigenvalue weighted by atomic mass is 79.9. The van der Waals surface area contributed by atoms with Crippen LogP contribution in [0.2, 0.25) is 0 Å². The Balaban J connectivity index is 2.00. The zero-order chi connectivity index (χ0) is 31.7. The van der Waals surface area contributed by atoms with Crippen molar-refractivity contribution in [2.75, 3.05) is 13.2 Å². The Kier molecular flexibility index (Phi) is 21.0. The lowest BCUT2D eigenvalue weighted by atomic mass is 10.1. The van der Waals surface area contributed by atoms with E-state index >= 15 is 0 Å². The van der Waals surface area contributed by atoms with Crippen molar-refractivity contribution in [1.82, 2.24) is 4.48 Å². The van der Waals surface area contributed by atoms with Gasteiger partial charge in [0.1, 0.15) is 12.2 Å². The number of quaternary nitrogens is 1. The van der Waals surface area contributed by atoms with Crippen molar-refractivity contribution in [3.63, 3.8) is 0 Å². The first-order valence-corrected chi connectivity index (χ1v) is 18.9. The minimum atomic E-state index is 0.431. The molecule has 0 spiro atoms. The van der Waals surface area contributed by atoms with Crippen LogP contribution < -0.4 is 14.0 Å². The van der Waals surface area contributed by atoms with E-state index in [1.807, 2.05) is 12.4 Å². The highest BCUT2D eigenvalue weighted by Crippen LogP contribution is 2.37. The van der Waals surface area contributed by atoms with Crippen LogP contribution in [-0.4, -0.2) is 13.2 Å². The molecular weight excluding hydrogens is 606 g/mol. The van der Waals surface area contributed by atoms with Crippen LogP contribution in [0, 0.1) is 0 Å². The minimum absolute atomic E-state index is 0.431. The largest absolute Gasteiger partial charge is 0.490 e. The van der Waals surface area contributed by atoms with Gasteiger partial charge in [-0.1, -0.05) is 157 Å². The summed E-state index contributed by atoms with van der Waals surface area (Å²) in [5.41, 5.74) is 3.58. The average Bonchev–Trinajstić information content (AvgIpc) is 3.06. The molecule has 0 aliphatic rings. The van der Waals surface area contributed by atoms with Gasteiger partial charge in [-0.2, -0.15) is 0 Å². The van der Waals surface area contributed by atoms with E-state index in [0.717, 1.165) is 48.5 Å². The number of halogens is 1. The van der Waals surface area contributed by atoms with Crippen molar-refractivity contribution >= 4 is 21.6 Å². The van der Waals surface area contributed by atoms with E-state index in [0.29, 0.717) is 11.1 Å². The van der Waals surface area contributed by atoms with E-state index in [4.69, 9.17) is 9.47 Å². The molecule has 0 bridgehead atoms. The lowest BCUT2D eigenvalue weighted by molar-refractivity contribution is 0.258. The molecule has 3 nitrogen and oxygen atoms in total. The summed E-state index contributed by atoms with van der Waals surface area (Å²) in [4.78, 5) is 0. The molecule has 0 fully saturated rings. The summed E-state index contributed by atoms with van der Waals surface area (Å²) < 4.78 is 13.2. The molecule has 0 heterocycles. The summed E-state index contributed by atoms with van der Waals surface area (Å²) >= 11 is 3.55. The summed E-state index contributed by atoms with van der Waals surface area (Å²) in [6.07, 6.45) is 27.4. The van der Waals surface area contributed by atoms with E-state index < -0.39 is 0 Å². The van der Waals surface area contributed by atoms with E-state index in [1.165, 1.54) is 114 Å².